The van der Waals surface area contributed by atoms with Crippen LogP contribution in [0.2, 0.25) is 0 Å². The maximum absolute atomic E-state index is 12.3. The number of fused-ring (bicyclic) bond motifs is 1. The maximum Gasteiger partial charge on any atom is 0.256 e. The Balaban J connectivity index is 2.01. The molecule has 0 fully saturated rings. The van der Waals surface area contributed by atoms with Gasteiger partial charge in [-0.05, 0) is 48.4 Å². The molecule has 2 heterocycles. The van der Waals surface area contributed by atoms with Crippen LogP contribution in [-0.4, -0.2) is 10.9 Å². The molecule has 2 aromatic heterocycles. The van der Waals surface area contributed by atoms with Crippen LogP contribution in [-0.2, 0) is 12.8 Å². The molecule has 1 aliphatic carbocycles. The van der Waals surface area contributed by atoms with Crippen molar-refractivity contribution in [1.29, 1.82) is 5.26 Å². The number of amides is 1. The van der Waals surface area contributed by atoms with Crippen molar-refractivity contribution in [2.45, 2.75) is 26.2 Å². The van der Waals surface area contributed by atoms with Crippen molar-refractivity contribution in [3.05, 3.63) is 50.6 Å². The molecule has 1 aliphatic rings. The first kappa shape index (κ1) is 15.8. The Labute approximate surface area is 143 Å². The number of aromatic nitrogens is 1. The number of nitrogens with one attached hydrogen (secondary N) is 1. The molecule has 0 bridgehead atoms. The van der Waals surface area contributed by atoms with E-state index in [0.717, 1.165) is 34.2 Å². The van der Waals surface area contributed by atoms with Crippen molar-refractivity contribution in [2.24, 2.45) is 5.92 Å². The van der Waals surface area contributed by atoms with Gasteiger partial charge in [0.25, 0.3) is 5.91 Å². The predicted octanol–water partition coefficient (Wildman–Crippen LogP) is 4.12. The fourth-order valence-electron chi connectivity index (χ4n) is 2.82. The smallest absolute Gasteiger partial charge is 0.256 e. The van der Waals surface area contributed by atoms with Gasteiger partial charge in [0.1, 0.15) is 11.1 Å². The summed E-state index contributed by atoms with van der Waals surface area (Å²) in [6.45, 7) is 2.20. The van der Waals surface area contributed by atoms with E-state index in [4.69, 9.17) is 12.2 Å². The number of rotatable bonds is 2. The van der Waals surface area contributed by atoms with Gasteiger partial charge < -0.3 is 5.32 Å². The molecule has 4 nitrogen and oxygen atoms in total. The first-order valence-electron chi connectivity index (χ1n) is 7.40. The van der Waals surface area contributed by atoms with Crippen molar-refractivity contribution < 1.29 is 4.79 Å². The Kier molecular flexibility index (Phi) is 4.51. The minimum Gasteiger partial charge on any atom is -0.312 e. The van der Waals surface area contributed by atoms with E-state index in [9.17, 15) is 10.1 Å². The van der Waals surface area contributed by atoms with Gasteiger partial charge in [0, 0.05) is 18.0 Å². The monoisotopic (exact) mass is 341 g/mol. The average Bonchev–Trinajstić information content (AvgIpc) is 2.56. The van der Waals surface area contributed by atoms with Gasteiger partial charge in [-0.2, -0.15) is 5.26 Å². The lowest BCUT2D eigenvalue weighted by molar-refractivity contribution is 0.102. The van der Waals surface area contributed by atoms with Crippen LogP contribution in [0.1, 0.15) is 40.4 Å². The third kappa shape index (κ3) is 3.16. The van der Waals surface area contributed by atoms with Gasteiger partial charge in [-0.15, -0.1) is 11.3 Å². The minimum atomic E-state index is -0.251. The zero-order valence-corrected chi connectivity index (χ0v) is 14.3. The summed E-state index contributed by atoms with van der Waals surface area (Å²) in [7, 11) is 0. The van der Waals surface area contributed by atoms with E-state index >= 15 is 0 Å². The molecule has 0 aromatic carbocycles. The van der Waals surface area contributed by atoms with Crippen LogP contribution < -0.4 is 5.32 Å². The normalized spacial score (nSPS) is 16.3. The molecule has 23 heavy (non-hydrogen) atoms. The SMILES string of the molecule is CC1CCc2c(C#N)c(NC(=O)c3ccncc3)sc(=S)c2C1. The maximum atomic E-state index is 12.3. The van der Waals surface area contributed by atoms with E-state index < -0.39 is 0 Å². The number of pyridine rings is 1. The highest BCUT2D eigenvalue weighted by molar-refractivity contribution is 7.73. The Bertz CT molecular complexity index is 853. The lowest BCUT2D eigenvalue weighted by Crippen LogP contribution is -2.16. The summed E-state index contributed by atoms with van der Waals surface area (Å²) in [5.41, 5.74) is 3.20. The Morgan fingerprint density at radius 3 is 2.87 bits per heavy atom. The number of nitrogens with zero attached hydrogens (tertiary/aromatic N) is 2. The molecule has 116 valence electrons. The van der Waals surface area contributed by atoms with Gasteiger partial charge in [0.05, 0.1) is 9.39 Å². The number of nitriles is 1. The summed E-state index contributed by atoms with van der Waals surface area (Å²) in [4.78, 5) is 16.2. The molecule has 1 amide bonds. The molecule has 0 saturated carbocycles. The zero-order chi connectivity index (χ0) is 16.4. The third-order valence-electron chi connectivity index (χ3n) is 4.06. The van der Waals surface area contributed by atoms with Crippen molar-refractivity contribution >= 4 is 34.5 Å². The van der Waals surface area contributed by atoms with E-state index in [1.807, 2.05) is 0 Å². The fourth-order valence-corrected chi connectivity index (χ4v) is 4.21. The molecular weight excluding hydrogens is 326 g/mol. The standard InChI is InChI=1S/C17H15N3OS2/c1-10-2-3-12-13(8-10)17(22)23-16(14(12)9-18)20-15(21)11-4-6-19-7-5-11/h4-7,10H,2-3,8H2,1H3,(H,20,21). The van der Waals surface area contributed by atoms with Crippen molar-refractivity contribution in [3.63, 3.8) is 0 Å². The lowest BCUT2D eigenvalue weighted by Gasteiger charge is -2.23. The number of hydrogen-bond donors (Lipinski definition) is 1. The lowest BCUT2D eigenvalue weighted by atomic mass is 9.85. The third-order valence-corrected chi connectivity index (χ3v) is 5.49. The molecule has 3 rings (SSSR count). The molecule has 2 aromatic rings. The van der Waals surface area contributed by atoms with Gasteiger partial charge in [-0.1, -0.05) is 19.1 Å². The number of hydrogen-bond acceptors (Lipinski definition) is 5. The van der Waals surface area contributed by atoms with Crippen LogP contribution in [0.3, 0.4) is 0 Å². The topological polar surface area (TPSA) is 65.8 Å². The Morgan fingerprint density at radius 2 is 2.17 bits per heavy atom. The second kappa shape index (κ2) is 6.57. The van der Waals surface area contributed by atoms with Crippen LogP contribution >= 0.6 is 23.6 Å². The number of carbonyl (C=O) groups excluding carboxylic acids is 1. The second-order valence-electron chi connectivity index (χ2n) is 5.70. The quantitative estimate of drug-likeness (QED) is 0.834. The van der Waals surface area contributed by atoms with Crippen molar-refractivity contribution in [1.82, 2.24) is 4.98 Å². The summed E-state index contributed by atoms with van der Waals surface area (Å²) in [6, 6.07) is 5.54. The number of carbonyl (C=O) groups is 1. The summed E-state index contributed by atoms with van der Waals surface area (Å²) in [6.07, 6.45) is 5.93. The van der Waals surface area contributed by atoms with E-state index in [-0.39, 0.29) is 5.91 Å². The predicted molar refractivity (Wildman–Crippen MR) is 93.2 cm³/mol. The molecule has 1 atom stereocenters. The van der Waals surface area contributed by atoms with E-state index in [1.54, 1.807) is 24.5 Å². The number of anilines is 1. The first-order valence-corrected chi connectivity index (χ1v) is 8.63. The highest BCUT2D eigenvalue weighted by Gasteiger charge is 2.23. The fraction of sp³-hybridized carbons (Fsp3) is 0.294. The van der Waals surface area contributed by atoms with Crippen molar-refractivity contribution in [3.8, 4) is 6.07 Å². The van der Waals surface area contributed by atoms with E-state index in [2.05, 4.69) is 23.3 Å². The molecule has 0 radical (unpaired) electrons. The summed E-state index contributed by atoms with van der Waals surface area (Å²) >= 11 is 6.82. The van der Waals surface area contributed by atoms with Crippen LogP contribution in [0.4, 0.5) is 5.00 Å². The van der Waals surface area contributed by atoms with Gasteiger partial charge in [-0.3, -0.25) is 9.78 Å². The van der Waals surface area contributed by atoms with Gasteiger partial charge in [-0.25, -0.2) is 0 Å². The molecule has 0 aliphatic heterocycles. The molecule has 1 unspecified atom stereocenters. The molecule has 0 saturated heterocycles. The first-order chi connectivity index (χ1) is 11.1. The highest BCUT2D eigenvalue weighted by atomic mass is 32.1. The molecule has 1 N–H and O–H groups in total. The van der Waals surface area contributed by atoms with Crippen LogP contribution in [0, 0.1) is 21.1 Å². The Morgan fingerprint density at radius 1 is 1.43 bits per heavy atom. The highest BCUT2D eigenvalue weighted by Crippen LogP contribution is 2.36. The van der Waals surface area contributed by atoms with Crippen LogP contribution in [0.15, 0.2) is 24.5 Å². The van der Waals surface area contributed by atoms with E-state index in [0.29, 0.717) is 22.0 Å². The molecule has 0 spiro atoms. The van der Waals surface area contributed by atoms with Gasteiger partial charge >= 0.3 is 0 Å². The zero-order valence-electron chi connectivity index (χ0n) is 12.6. The molecule has 6 heteroatoms. The van der Waals surface area contributed by atoms with Crippen molar-refractivity contribution in [2.75, 3.05) is 5.32 Å². The molecular formula is C17H15N3OS2. The van der Waals surface area contributed by atoms with Gasteiger partial charge in [0.2, 0.25) is 0 Å². The minimum absolute atomic E-state index is 0.251. The summed E-state index contributed by atoms with van der Waals surface area (Å²) in [5.74, 6) is 0.332. The Hall–Kier alpha value is -2.10. The van der Waals surface area contributed by atoms with Gasteiger partial charge in [0.15, 0.2) is 0 Å². The summed E-state index contributed by atoms with van der Waals surface area (Å²) < 4.78 is 0.774. The van der Waals surface area contributed by atoms with Crippen LogP contribution in [0.5, 0.6) is 0 Å². The summed E-state index contributed by atoms with van der Waals surface area (Å²) in [5, 5.41) is 13.0. The average molecular weight is 341 g/mol. The van der Waals surface area contributed by atoms with Crippen LogP contribution in [0.25, 0.3) is 0 Å². The van der Waals surface area contributed by atoms with E-state index in [1.165, 1.54) is 11.3 Å². The second-order valence-corrected chi connectivity index (χ2v) is 7.39. The largest absolute Gasteiger partial charge is 0.312 e.